The van der Waals surface area contributed by atoms with Crippen molar-refractivity contribution in [1.29, 1.82) is 0 Å². The third-order valence-electron chi connectivity index (χ3n) is 3.75. The zero-order valence-corrected chi connectivity index (χ0v) is 13.3. The molecule has 2 N–H and O–H groups in total. The Hall–Kier alpha value is -0.960. The first-order chi connectivity index (χ1) is 9.87. The van der Waals surface area contributed by atoms with Crippen molar-refractivity contribution in [3.8, 4) is 0 Å². The minimum atomic E-state index is -3.27. The van der Waals surface area contributed by atoms with E-state index in [4.69, 9.17) is 5.11 Å². The van der Waals surface area contributed by atoms with Gasteiger partial charge in [-0.25, -0.2) is 13.2 Å². The number of carbonyl (C=O) groups excluding carboxylic acids is 1. The largest absolute Gasteiger partial charge is 0.481 e. The Labute approximate surface area is 128 Å². The van der Waals surface area contributed by atoms with Crippen LogP contribution in [0.5, 0.6) is 0 Å². The number of nitrogens with zero attached hydrogens (tertiary/aromatic N) is 1. The maximum Gasteiger partial charge on any atom is 0.317 e. The highest BCUT2D eigenvalue weighted by atomic mass is 32.2. The molecule has 0 aliphatic carbocycles. The van der Waals surface area contributed by atoms with Crippen molar-refractivity contribution in [2.24, 2.45) is 0 Å². The molecule has 7 nitrogen and oxygen atoms in total. The van der Waals surface area contributed by atoms with Gasteiger partial charge in [0.05, 0.1) is 24.0 Å². The average molecular weight is 336 g/mol. The number of nitrogens with one attached hydrogen (secondary N) is 1. The van der Waals surface area contributed by atoms with Crippen molar-refractivity contribution >= 4 is 33.6 Å². The van der Waals surface area contributed by atoms with Gasteiger partial charge in [0.1, 0.15) is 0 Å². The fourth-order valence-electron chi connectivity index (χ4n) is 2.62. The van der Waals surface area contributed by atoms with Crippen molar-refractivity contribution in [3.05, 3.63) is 0 Å². The van der Waals surface area contributed by atoms with Crippen molar-refractivity contribution in [3.63, 3.8) is 0 Å². The van der Waals surface area contributed by atoms with Gasteiger partial charge in [0.2, 0.25) is 0 Å². The molecule has 0 spiro atoms. The van der Waals surface area contributed by atoms with Crippen LogP contribution in [-0.2, 0) is 14.6 Å². The lowest BCUT2D eigenvalue weighted by atomic mass is 10.1. The maximum absolute atomic E-state index is 12.3. The van der Waals surface area contributed by atoms with Crippen LogP contribution >= 0.6 is 11.8 Å². The van der Waals surface area contributed by atoms with Crippen LogP contribution in [0.2, 0.25) is 0 Å². The van der Waals surface area contributed by atoms with Gasteiger partial charge in [-0.15, -0.1) is 0 Å². The van der Waals surface area contributed by atoms with Crippen molar-refractivity contribution in [1.82, 2.24) is 10.2 Å². The summed E-state index contributed by atoms with van der Waals surface area (Å²) in [5, 5.41) is 11.8. The van der Waals surface area contributed by atoms with Crippen LogP contribution in [0.1, 0.15) is 19.3 Å². The second-order valence-corrected chi connectivity index (χ2v) is 8.85. The van der Waals surface area contributed by atoms with Crippen LogP contribution < -0.4 is 5.32 Å². The van der Waals surface area contributed by atoms with Gasteiger partial charge in [-0.1, -0.05) is 0 Å². The second kappa shape index (κ2) is 6.87. The first-order valence-electron chi connectivity index (χ1n) is 6.94. The molecular weight excluding hydrogens is 316 g/mol. The van der Waals surface area contributed by atoms with Crippen LogP contribution in [0.3, 0.4) is 0 Å². The molecule has 2 rings (SSSR count). The van der Waals surface area contributed by atoms with Gasteiger partial charge < -0.3 is 15.3 Å². The Kier molecular flexibility index (Phi) is 5.37. The number of carboxylic acid groups (broad SMARTS) is 1. The van der Waals surface area contributed by atoms with Gasteiger partial charge in [0.15, 0.2) is 9.84 Å². The average Bonchev–Trinajstić information content (AvgIpc) is 2.38. The van der Waals surface area contributed by atoms with E-state index >= 15 is 0 Å². The number of hydrogen-bond donors (Lipinski definition) is 2. The summed E-state index contributed by atoms with van der Waals surface area (Å²) in [4.78, 5) is 24.5. The monoisotopic (exact) mass is 336 g/mol. The molecule has 0 aromatic carbocycles. The summed E-state index contributed by atoms with van der Waals surface area (Å²) < 4.78 is 23.3. The van der Waals surface area contributed by atoms with Crippen molar-refractivity contribution in [2.75, 3.05) is 29.6 Å². The number of rotatable bonds is 3. The molecule has 2 fully saturated rings. The second-order valence-electron chi connectivity index (χ2n) is 5.40. The third kappa shape index (κ3) is 4.77. The highest BCUT2D eigenvalue weighted by Gasteiger charge is 2.36. The summed E-state index contributed by atoms with van der Waals surface area (Å²) in [6.45, 7) is 0.0631. The Balaban J connectivity index is 2.00. The highest BCUT2D eigenvalue weighted by Crippen LogP contribution is 2.19. The third-order valence-corrected chi connectivity index (χ3v) is 6.50. The van der Waals surface area contributed by atoms with Crippen LogP contribution in [0.25, 0.3) is 0 Å². The summed E-state index contributed by atoms with van der Waals surface area (Å²) in [5.74, 6) is 0.532. The predicted octanol–water partition coefficient (Wildman–Crippen LogP) is 0.165. The summed E-state index contributed by atoms with van der Waals surface area (Å²) >= 11 is 1.85. The van der Waals surface area contributed by atoms with Crippen LogP contribution in [-0.4, -0.2) is 72.1 Å². The Morgan fingerprint density at radius 2 is 1.95 bits per heavy atom. The summed E-state index contributed by atoms with van der Waals surface area (Å²) in [5.41, 5.74) is 0. The summed E-state index contributed by atoms with van der Waals surface area (Å²) in [7, 11) is -3.27. The van der Waals surface area contributed by atoms with E-state index in [1.807, 2.05) is 11.8 Å². The molecule has 9 heteroatoms. The molecule has 2 heterocycles. The van der Waals surface area contributed by atoms with E-state index in [1.54, 1.807) is 0 Å². The fourth-order valence-corrected chi connectivity index (χ4v) is 5.26. The SMILES string of the molecule is O=C(O)CC1CS(=O)(=O)CCN1C(=O)NC1CCSCC1. The molecule has 0 aromatic heterocycles. The van der Waals surface area contributed by atoms with Gasteiger partial charge in [0, 0.05) is 12.6 Å². The maximum atomic E-state index is 12.3. The first-order valence-corrected chi connectivity index (χ1v) is 9.92. The van der Waals surface area contributed by atoms with Crippen molar-refractivity contribution in [2.45, 2.75) is 31.3 Å². The van der Waals surface area contributed by atoms with Gasteiger partial charge in [0.25, 0.3) is 0 Å². The smallest absolute Gasteiger partial charge is 0.317 e. The van der Waals surface area contributed by atoms with Gasteiger partial charge in [-0.2, -0.15) is 11.8 Å². The summed E-state index contributed by atoms with van der Waals surface area (Å²) in [6.07, 6.45) is 1.45. The molecule has 0 bridgehead atoms. The first kappa shape index (κ1) is 16.4. The molecule has 120 valence electrons. The lowest BCUT2D eigenvalue weighted by Gasteiger charge is -2.36. The number of hydrogen-bond acceptors (Lipinski definition) is 5. The Bertz CT molecular complexity index is 502. The molecule has 0 radical (unpaired) electrons. The molecule has 2 aliphatic rings. The zero-order chi connectivity index (χ0) is 15.5. The van der Waals surface area contributed by atoms with Crippen LogP contribution in [0.4, 0.5) is 4.79 Å². The number of carboxylic acids is 1. The van der Waals surface area contributed by atoms with Gasteiger partial charge in [-0.3, -0.25) is 4.79 Å². The van der Waals surface area contributed by atoms with Crippen LogP contribution in [0.15, 0.2) is 0 Å². The van der Waals surface area contributed by atoms with E-state index in [9.17, 15) is 18.0 Å². The number of thioether (sulfide) groups is 1. The normalized spacial score (nSPS) is 26.3. The van der Waals surface area contributed by atoms with Crippen LogP contribution in [0, 0.1) is 0 Å². The fraction of sp³-hybridized carbons (Fsp3) is 0.833. The van der Waals surface area contributed by atoms with E-state index in [0.29, 0.717) is 0 Å². The molecule has 1 atom stereocenters. The quantitative estimate of drug-likeness (QED) is 0.761. The minimum absolute atomic E-state index is 0.0631. The lowest BCUT2D eigenvalue weighted by Crippen LogP contribution is -2.56. The minimum Gasteiger partial charge on any atom is -0.481 e. The molecule has 2 saturated heterocycles. The van der Waals surface area contributed by atoms with E-state index in [-0.39, 0.29) is 36.5 Å². The number of carbonyl (C=O) groups is 2. The summed E-state index contributed by atoms with van der Waals surface area (Å²) in [6, 6.07) is -1.02. The molecule has 2 amide bonds. The van der Waals surface area contributed by atoms with E-state index in [1.165, 1.54) is 4.90 Å². The van der Waals surface area contributed by atoms with Crippen molar-refractivity contribution < 1.29 is 23.1 Å². The zero-order valence-electron chi connectivity index (χ0n) is 11.7. The molecule has 1 unspecified atom stereocenters. The molecule has 2 aliphatic heterocycles. The molecule has 0 aromatic rings. The number of amides is 2. The Morgan fingerprint density at radius 1 is 1.29 bits per heavy atom. The van der Waals surface area contributed by atoms with Gasteiger partial charge in [-0.05, 0) is 24.3 Å². The van der Waals surface area contributed by atoms with E-state index in [2.05, 4.69) is 5.32 Å². The standard InChI is InChI=1S/C12H20N2O5S2/c15-11(16)7-10-8-21(18,19)6-3-14(10)12(17)13-9-1-4-20-5-2-9/h9-10H,1-8H2,(H,13,17)(H,15,16). The highest BCUT2D eigenvalue weighted by molar-refractivity contribution is 7.99. The lowest BCUT2D eigenvalue weighted by molar-refractivity contribution is -0.138. The molecular formula is C12H20N2O5S2. The number of aliphatic carboxylic acids is 1. The van der Waals surface area contributed by atoms with Gasteiger partial charge >= 0.3 is 12.0 Å². The van der Waals surface area contributed by atoms with E-state index < -0.39 is 21.8 Å². The number of sulfone groups is 1. The molecule has 0 saturated carbocycles. The topological polar surface area (TPSA) is 104 Å². The Morgan fingerprint density at radius 3 is 2.57 bits per heavy atom. The molecule has 21 heavy (non-hydrogen) atoms. The number of urea groups is 1. The predicted molar refractivity (Wildman–Crippen MR) is 80.3 cm³/mol. The van der Waals surface area contributed by atoms with E-state index in [0.717, 1.165) is 24.3 Å².